The van der Waals surface area contributed by atoms with Crippen LogP contribution in [0.1, 0.15) is 10.6 Å². The number of nitrogens with zero attached hydrogens (tertiary/aromatic N) is 1. The van der Waals surface area contributed by atoms with Crippen molar-refractivity contribution in [1.29, 1.82) is 0 Å². The summed E-state index contributed by atoms with van der Waals surface area (Å²) in [7, 11) is 2.90. The van der Waals surface area contributed by atoms with Crippen molar-refractivity contribution >= 4 is 17.0 Å². The van der Waals surface area contributed by atoms with Gasteiger partial charge in [-0.05, 0) is 12.1 Å². The molecule has 15 heavy (non-hydrogen) atoms. The van der Waals surface area contributed by atoms with E-state index in [1.807, 2.05) is 0 Å². The second kappa shape index (κ2) is 3.61. The van der Waals surface area contributed by atoms with Crippen LogP contribution in [-0.2, 0) is 4.74 Å². The Hall–Kier alpha value is -2.04. The molecule has 78 valence electrons. The van der Waals surface area contributed by atoms with Crippen LogP contribution < -0.4 is 4.74 Å². The van der Waals surface area contributed by atoms with Crippen LogP contribution in [0.15, 0.2) is 18.2 Å². The third-order valence-corrected chi connectivity index (χ3v) is 2.07. The number of ether oxygens (including phenoxy) is 2. The third kappa shape index (κ3) is 1.63. The fraction of sp³-hybridized carbons (Fsp3) is 0.200. The van der Waals surface area contributed by atoms with Gasteiger partial charge in [0, 0.05) is 6.07 Å². The Bertz CT molecular complexity index is 504. The second-order valence-corrected chi connectivity index (χ2v) is 2.96. The molecule has 0 fully saturated rings. The molecule has 1 aromatic carbocycles. The number of hydrogen-bond donors (Lipinski definition) is 1. The number of carbonyl (C=O) groups excluding carboxylic acids is 1. The maximum atomic E-state index is 11.2. The van der Waals surface area contributed by atoms with E-state index in [9.17, 15) is 4.79 Å². The molecule has 5 nitrogen and oxygen atoms in total. The average molecular weight is 206 g/mol. The van der Waals surface area contributed by atoms with Gasteiger partial charge in [0.25, 0.3) is 0 Å². The quantitative estimate of drug-likeness (QED) is 0.753. The molecule has 0 aliphatic rings. The van der Waals surface area contributed by atoms with Gasteiger partial charge in [0.2, 0.25) is 5.82 Å². The number of imidazole rings is 1. The first-order chi connectivity index (χ1) is 7.24. The van der Waals surface area contributed by atoms with Crippen LogP contribution >= 0.6 is 0 Å². The van der Waals surface area contributed by atoms with E-state index in [0.717, 1.165) is 5.52 Å². The van der Waals surface area contributed by atoms with E-state index in [4.69, 9.17) is 4.74 Å². The minimum atomic E-state index is -0.481. The summed E-state index contributed by atoms with van der Waals surface area (Å²) in [5.41, 5.74) is 1.45. The van der Waals surface area contributed by atoms with Crippen LogP contribution in [0, 0.1) is 0 Å². The van der Waals surface area contributed by atoms with Gasteiger partial charge in [-0.1, -0.05) is 0 Å². The first-order valence-corrected chi connectivity index (χ1v) is 4.36. The number of aromatic nitrogens is 2. The Balaban J connectivity index is 2.51. The molecule has 0 unspecified atom stereocenters. The topological polar surface area (TPSA) is 64.2 Å². The summed E-state index contributed by atoms with van der Waals surface area (Å²) in [5.74, 6) is 0.425. The van der Waals surface area contributed by atoms with Crippen molar-refractivity contribution in [2.24, 2.45) is 0 Å². The first-order valence-electron chi connectivity index (χ1n) is 4.36. The molecule has 0 aliphatic heterocycles. The highest BCUT2D eigenvalue weighted by Crippen LogP contribution is 2.18. The number of benzene rings is 1. The molecule has 0 saturated heterocycles. The predicted octanol–water partition coefficient (Wildman–Crippen LogP) is 1.36. The normalized spacial score (nSPS) is 10.3. The lowest BCUT2D eigenvalue weighted by Gasteiger charge is -1.96. The number of esters is 1. The highest BCUT2D eigenvalue weighted by atomic mass is 16.5. The van der Waals surface area contributed by atoms with E-state index in [1.165, 1.54) is 7.11 Å². The maximum Gasteiger partial charge on any atom is 0.374 e. The van der Waals surface area contributed by atoms with E-state index in [2.05, 4.69) is 14.7 Å². The van der Waals surface area contributed by atoms with E-state index >= 15 is 0 Å². The van der Waals surface area contributed by atoms with Crippen LogP contribution in [0.2, 0.25) is 0 Å². The summed E-state index contributed by atoms with van der Waals surface area (Å²) in [5, 5.41) is 0. The van der Waals surface area contributed by atoms with Gasteiger partial charge in [-0.2, -0.15) is 0 Å². The van der Waals surface area contributed by atoms with Gasteiger partial charge in [-0.15, -0.1) is 0 Å². The Morgan fingerprint density at radius 3 is 2.87 bits per heavy atom. The fourth-order valence-electron chi connectivity index (χ4n) is 1.31. The van der Waals surface area contributed by atoms with Gasteiger partial charge >= 0.3 is 5.97 Å². The van der Waals surface area contributed by atoms with Crippen molar-refractivity contribution in [3.8, 4) is 5.75 Å². The second-order valence-electron chi connectivity index (χ2n) is 2.96. The van der Waals surface area contributed by atoms with E-state index in [1.54, 1.807) is 25.3 Å². The van der Waals surface area contributed by atoms with Crippen LogP contribution in [0.4, 0.5) is 0 Å². The zero-order valence-electron chi connectivity index (χ0n) is 8.40. The zero-order valence-corrected chi connectivity index (χ0v) is 8.40. The Morgan fingerprint density at radius 1 is 1.40 bits per heavy atom. The summed E-state index contributed by atoms with van der Waals surface area (Å²) in [4.78, 5) is 18.1. The van der Waals surface area contributed by atoms with Crippen molar-refractivity contribution in [1.82, 2.24) is 9.97 Å². The summed E-state index contributed by atoms with van der Waals surface area (Å²) in [6, 6.07) is 5.33. The molecular formula is C10H10N2O3. The van der Waals surface area contributed by atoms with Crippen LogP contribution in [0.25, 0.3) is 11.0 Å². The number of hydrogen-bond acceptors (Lipinski definition) is 4. The van der Waals surface area contributed by atoms with E-state index < -0.39 is 5.97 Å². The minimum absolute atomic E-state index is 0.195. The number of nitrogens with one attached hydrogen (secondary N) is 1. The van der Waals surface area contributed by atoms with Crippen molar-refractivity contribution in [2.45, 2.75) is 0 Å². The Morgan fingerprint density at radius 2 is 2.20 bits per heavy atom. The van der Waals surface area contributed by atoms with Crippen molar-refractivity contribution < 1.29 is 14.3 Å². The molecule has 0 aliphatic carbocycles. The Labute approximate surface area is 86.0 Å². The number of H-pyrrole nitrogens is 1. The molecule has 0 bridgehead atoms. The van der Waals surface area contributed by atoms with Crippen LogP contribution in [-0.4, -0.2) is 30.2 Å². The number of rotatable bonds is 2. The van der Waals surface area contributed by atoms with Gasteiger partial charge in [0.15, 0.2) is 0 Å². The molecule has 2 aromatic rings. The molecule has 0 amide bonds. The van der Waals surface area contributed by atoms with Gasteiger partial charge in [-0.3, -0.25) is 0 Å². The average Bonchev–Trinajstić information content (AvgIpc) is 2.70. The first kappa shape index (κ1) is 9.51. The third-order valence-electron chi connectivity index (χ3n) is 2.07. The van der Waals surface area contributed by atoms with Crippen LogP contribution in [0.3, 0.4) is 0 Å². The number of aromatic amines is 1. The van der Waals surface area contributed by atoms with Gasteiger partial charge < -0.3 is 14.5 Å². The molecule has 1 heterocycles. The molecule has 1 N–H and O–H groups in total. The highest BCUT2D eigenvalue weighted by molar-refractivity contribution is 5.90. The molecule has 0 spiro atoms. The lowest BCUT2D eigenvalue weighted by molar-refractivity contribution is 0.0588. The molecule has 1 aromatic heterocycles. The van der Waals surface area contributed by atoms with E-state index in [0.29, 0.717) is 11.3 Å². The maximum absolute atomic E-state index is 11.2. The lowest BCUT2D eigenvalue weighted by atomic mass is 10.3. The molecule has 2 rings (SSSR count). The molecule has 0 radical (unpaired) electrons. The number of carbonyl (C=O) groups is 1. The molecule has 0 saturated carbocycles. The molecular weight excluding hydrogens is 196 g/mol. The van der Waals surface area contributed by atoms with Crippen molar-refractivity contribution in [2.75, 3.05) is 14.2 Å². The minimum Gasteiger partial charge on any atom is -0.497 e. The highest BCUT2D eigenvalue weighted by Gasteiger charge is 2.11. The summed E-state index contributed by atoms with van der Waals surface area (Å²) in [6.45, 7) is 0. The standard InChI is InChI=1S/C10H10N2O3/c1-14-6-3-4-7-8(5-6)12-9(11-7)10(13)15-2/h3-5H,1-2H3,(H,11,12). The van der Waals surface area contributed by atoms with E-state index in [-0.39, 0.29) is 5.82 Å². The zero-order chi connectivity index (χ0) is 10.8. The summed E-state index contributed by atoms with van der Waals surface area (Å²) in [6.07, 6.45) is 0. The summed E-state index contributed by atoms with van der Waals surface area (Å²) >= 11 is 0. The SMILES string of the molecule is COC(=O)c1nc2ccc(OC)cc2[nH]1. The summed E-state index contributed by atoms with van der Waals surface area (Å²) < 4.78 is 9.61. The van der Waals surface area contributed by atoms with Crippen LogP contribution in [0.5, 0.6) is 5.75 Å². The fourth-order valence-corrected chi connectivity index (χ4v) is 1.31. The van der Waals surface area contributed by atoms with Gasteiger partial charge in [0.1, 0.15) is 5.75 Å². The number of fused-ring (bicyclic) bond motifs is 1. The van der Waals surface area contributed by atoms with Gasteiger partial charge in [-0.25, -0.2) is 9.78 Å². The Kier molecular flexibility index (Phi) is 2.29. The van der Waals surface area contributed by atoms with Gasteiger partial charge in [0.05, 0.1) is 25.3 Å². The lowest BCUT2D eigenvalue weighted by Crippen LogP contribution is -2.02. The largest absolute Gasteiger partial charge is 0.497 e. The van der Waals surface area contributed by atoms with Crippen molar-refractivity contribution in [3.63, 3.8) is 0 Å². The van der Waals surface area contributed by atoms with Crippen molar-refractivity contribution in [3.05, 3.63) is 24.0 Å². The molecule has 5 heteroatoms. The molecule has 0 atom stereocenters. The number of methoxy groups -OCH3 is 2. The smallest absolute Gasteiger partial charge is 0.374 e. The predicted molar refractivity (Wildman–Crippen MR) is 54.0 cm³/mol. The monoisotopic (exact) mass is 206 g/mol.